The lowest BCUT2D eigenvalue weighted by Gasteiger charge is -2.42. The summed E-state index contributed by atoms with van der Waals surface area (Å²) in [6.07, 6.45) is 2.66. The molecule has 0 bridgehead atoms. The van der Waals surface area contributed by atoms with Gasteiger partial charge in [0.2, 0.25) is 11.8 Å². The van der Waals surface area contributed by atoms with E-state index in [1.165, 1.54) is 12.1 Å². The van der Waals surface area contributed by atoms with E-state index in [2.05, 4.69) is 4.98 Å². The maximum Gasteiger partial charge on any atom is 0.246 e. The first kappa shape index (κ1) is 18.2. The van der Waals surface area contributed by atoms with Gasteiger partial charge in [-0.3, -0.25) is 9.59 Å². The van der Waals surface area contributed by atoms with Crippen LogP contribution in [0.2, 0.25) is 0 Å². The molecule has 0 saturated carbocycles. The van der Waals surface area contributed by atoms with Crippen LogP contribution in [0.1, 0.15) is 11.1 Å². The van der Waals surface area contributed by atoms with Crippen molar-refractivity contribution in [2.45, 2.75) is 24.9 Å². The molecule has 28 heavy (non-hydrogen) atoms. The zero-order valence-electron chi connectivity index (χ0n) is 15.9. The van der Waals surface area contributed by atoms with Crippen molar-refractivity contribution in [1.29, 1.82) is 0 Å². The van der Waals surface area contributed by atoms with E-state index in [0.29, 0.717) is 18.4 Å². The highest BCUT2D eigenvalue weighted by Gasteiger charge is 2.42. The molecule has 0 spiro atoms. The summed E-state index contributed by atoms with van der Waals surface area (Å²) in [5.74, 6) is -0.466. The molecule has 2 amide bonds. The molecule has 1 N–H and O–H groups in total. The number of rotatable bonds is 4. The van der Waals surface area contributed by atoms with Gasteiger partial charge >= 0.3 is 0 Å². The number of nitrogens with one attached hydrogen (secondary N) is 1. The van der Waals surface area contributed by atoms with Crippen LogP contribution in [0.4, 0.5) is 4.39 Å². The van der Waals surface area contributed by atoms with Crippen molar-refractivity contribution < 1.29 is 14.0 Å². The Kier molecular flexibility index (Phi) is 4.63. The van der Waals surface area contributed by atoms with Crippen molar-refractivity contribution >= 4 is 22.7 Å². The molecule has 1 aromatic heterocycles. The van der Waals surface area contributed by atoms with Gasteiger partial charge in [-0.2, -0.15) is 0 Å². The average molecular weight is 379 g/mol. The summed E-state index contributed by atoms with van der Waals surface area (Å²) in [5.41, 5.74) is 2.59. The van der Waals surface area contributed by atoms with Gasteiger partial charge in [0.05, 0.1) is 0 Å². The number of aromatic nitrogens is 1. The second-order valence-electron chi connectivity index (χ2n) is 7.33. The number of nitrogens with zero attached hydrogens (tertiary/aromatic N) is 2. The molecule has 1 aliphatic rings. The third kappa shape index (κ3) is 3.15. The smallest absolute Gasteiger partial charge is 0.246 e. The maximum atomic E-state index is 13.4. The predicted molar refractivity (Wildman–Crippen MR) is 105 cm³/mol. The fraction of sp³-hybridized carbons (Fsp3) is 0.273. The Morgan fingerprint density at radius 2 is 1.57 bits per heavy atom. The number of benzene rings is 2. The zero-order chi connectivity index (χ0) is 19.8. The molecule has 2 heterocycles. The summed E-state index contributed by atoms with van der Waals surface area (Å²) in [6.45, 7) is 0. The number of H-pyrrole nitrogens is 1. The molecule has 2 aromatic carbocycles. The fourth-order valence-corrected chi connectivity index (χ4v) is 3.93. The Balaban J connectivity index is 1.57. The molecule has 0 unspecified atom stereocenters. The van der Waals surface area contributed by atoms with Gasteiger partial charge in [-0.05, 0) is 29.3 Å². The Morgan fingerprint density at radius 3 is 2.25 bits per heavy atom. The van der Waals surface area contributed by atoms with Crippen molar-refractivity contribution in [3.05, 3.63) is 71.7 Å². The van der Waals surface area contributed by atoms with Gasteiger partial charge in [0.1, 0.15) is 17.9 Å². The first-order chi connectivity index (χ1) is 13.5. The van der Waals surface area contributed by atoms with Crippen molar-refractivity contribution in [3.8, 4) is 0 Å². The van der Waals surface area contributed by atoms with Gasteiger partial charge in [-0.25, -0.2) is 4.39 Å². The van der Waals surface area contributed by atoms with Crippen LogP contribution in [0.5, 0.6) is 0 Å². The van der Waals surface area contributed by atoms with E-state index in [9.17, 15) is 14.0 Å². The Labute approximate surface area is 162 Å². The monoisotopic (exact) mass is 379 g/mol. The number of fused-ring (bicyclic) bond motifs is 1. The summed E-state index contributed by atoms with van der Waals surface area (Å²) in [6, 6.07) is 13.2. The van der Waals surface area contributed by atoms with Gasteiger partial charge in [0.25, 0.3) is 0 Å². The van der Waals surface area contributed by atoms with Crippen LogP contribution >= 0.6 is 0 Å². The van der Waals surface area contributed by atoms with E-state index in [-0.39, 0.29) is 17.6 Å². The van der Waals surface area contributed by atoms with Crippen LogP contribution in [-0.4, -0.2) is 52.8 Å². The van der Waals surface area contributed by atoms with E-state index in [4.69, 9.17) is 0 Å². The fourth-order valence-electron chi connectivity index (χ4n) is 3.93. The van der Waals surface area contributed by atoms with Gasteiger partial charge < -0.3 is 14.8 Å². The first-order valence-electron chi connectivity index (χ1n) is 9.28. The SMILES string of the molecule is CN1C(=O)[C@H](Cc2c[nH]c3cc(F)ccc23)N(C)C(=O)[C@@H]1Cc1ccccc1. The lowest BCUT2D eigenvalue weighted by Crippen LogP contribution is -2.63. The number of piperazine rings is 1. The third-order valence-corrected chi connectivity index (χ3v) is 5.62. The molecule has 1 fully saturated rings. The minimum Gasteiger partial charge on any atom is -0.361 e. The number of likely N-dealkylation sites (N-methyl/N-ethyl adjacent to an activating group) is 2. The van der Waals surface area contributed by atoms with Crippen molar-refractivity contribution in [3.63, 3.8) is 0 Å². The normalized spacial score (nSPS) is 20.2. The van der Waals surface area contributed by atoms with Crippen LogP contribution in [0.15, 0.2) is 54.7 Å². The minimum absolute atomic E-state index is 0.0677. The highest BCUT2D eigenvalue weighted by atomic mass is 19.1. The summed E-state index contributed by atoms with van der Waals surface area (Å²) in [7, 11) is 3.38. The van der Waals surface area contributed by atoms with Gasteiger partial charge in [-0.1, -0.05) is 30.3 Å². The molecule has 4 rings (SSSR count). The summed E-state index contributed by atoms with van der Waals surface area (Å²) < 4.78 is 13.4. The third-order valence-electron chi connectivity index (χ3n) is 5.62. The number of aromatic amines is 1. The molecule has 2 atom stereocenters. The summed E-state index contributed by atoms with van der Waals surface area (Å²) in [4.78, 5) is 32.2. The second-order valence-corrected chi connectivity index (χ2v) is 7.33. The Morgan fingerprint density at radius 1 is 0.929 bits per heavy atom. The molecule has 0 aliphatic carbocycles. The Hall–Kier alpha value is -3.15. The van der Waals surface area contributed by atoms with Crippen LogP contribution in [-0.2, 0) is 22.4 Å². The van der Waals surface area contributed by atoms with Crippen molar-refractivity contribution in [1.82, 2.24) is 14.8 Å². The van der Waals surface area contributed by atoms with E-state index in [1.807, 2.05) is 30.3 Å². The lowest BCUT2D eigenvalue weighted by atomic mass is 9.95. The average Bonchev–Trinajstić information content (AvgIpc) is 3.09. The highest BCUT2D eigenvalue weighted by Crippen LogP contribution is 2.25. The maximum absolute atomic E-state index is 13.4. The minimum atomic E-state index is -0.575. The lowest BCUT2D eigenvalue weighted by molar-refractivity contribution is -0.158. The van der Waals surface area contributed by atoms with E-state index >= 15 is 0 Å². The number of halogens is 1. The number of carbonyl (C=O) groups excluding carboxylic acids is 2. The van der Waals surface area contributed by atoms with Crippen LogP contribution < -0.4 is 0 Å². The van der Waals surface area contributed by atoms with Crippen LogP contribution in [0.3, 0.4) is 0 Å². The molecule has 0 radical (unpaired) electrons. The number of amides is 2. The number of hydrogen-bond acceptors (Lipinski definition) is 2. The number of hydrogen-bond donors (Lipinski definition) is 1. The standard InChI is InChI=1S/C22H22FN3O2/c1-25-19(10-14-6-4-3-5-7-14)21(27)26(2)20(22(25)28)11-15-13-24-18-12-16(23)8-9-17(15)18/h3-9,12-13,19-20,24H,10-11H2,1-2H3/t19-,20-/m0/s1. The second kappa shape index (κ2) is 7.11. The largest absolute Gasteiger partial charge is 0.361 e. The molecule has 6 heteroatoms. The van der Waals surface area contributed by atoms with E-state index in [1.54, 1.807) is 36.2 Å². The van der Waals surface area contributed by atoms with E-state index in [0.717, 1.165) is 16.5 Å². The summed E-state index contributed by atoms with van der Waals surface area (Å²) >= 11 is 0. The quantitative estimate of drug-likeness (QED) is 0.758. The Bertz CT molecular complexity index is 1030. The van der Waals surface area contributed by atoms with Crippen LogP contribution in [0.25, 0.3) is 10.9 Å². The summed E-state index contributed by atoms with van der Waals surface area (Å²) in [5, 5.41) is 0.865. The molecular formula is C22H22FN3O2. The highest BCUT2D eigenvalue weighted by molar-refractivity contribution is 5.97. The predicted octanol–water partition coefficient (Wildman–Crippen LogP) is 2.76. The molecule has 5 nitrogen and oxygen atoms in total. The van der Waals surface area contributed by atoms with Gasteiger partial charge in [0, 0.05) is 44.0 Å². The number of carbonyl (C=O) groups is 2. The van der Waals surface area contributed by atoms with Crippen molar-refractivity contribution in [2.24, 2.45) is 0 Å². The molecule has 1 saturated heterocycles. The van der Waals surface area contributed by atoms with E-state index < -0.39 is 12.1 Å². The zero-order valence-corrected chi connectivity index (χ0v) is 15.9. The molecule has 3 aromatic rings. The first-order valence-corrected chi connectivity index (χ1v) is 9.28. The topological polar surface area (TPSA) is 56.4 Å². The van der Waals surface area contributed by atoms with Crippen molar-refractivity contribution in [2.75, 3.05) is 14.1 Å². The molecule has 1 aliphatic heterocycles. The van der Waals surface area contributed by atoms with Gasteiger partial charge in [0.15, 0.2) is 0 Å². The van der Waals surface area contributed by atoms with Crippen LogP contribution in [0, 0.1) is 5.82 Å². The molecular weight excluding hydrogens is 357 g/mol. The van der Waals surface area contributed by atoms with Gasteiger partial charge in [-0.15, -0.1) is 0 Å². The molecule has 144 valence electrons.